The van der Waals surface area contributed by atoms with Crippen LogP contribution in [0.1, 0.15) is 58.8 Å². The number of Topliss-reactive ketones (excluding diaryl/α,β-unsaturated/α-hetero) is 1. The molecule has 1 saturated carbocycles. The molecule has 0 aliphatic heterocycles. The second kappa shape index (κ2) is 5.64. The molecule has 0 saturated heterocycles. The summed E-state index contributed by atoms with van der Waals surface area (Å²) >= 11 is 0. The van der Waals surface area contributed by atoms with Crippen molar-refractivity contribution >= 4 is 5.78 Å². The third kappa shape index (κ3) is 2.81. The first kappa shape index (κ1) is 12.7. The summed E-state index contributed by atoms with van der Waals surface area (Å²) in [4.78, 5) is 11.9. The molecule has 88 valence electrons. The number of methoxy groups -OCH3 is 1. The molecule has 0 radical (unpaired) electrons. The van der Waals surface area contributed by atoms with Crippen LogP contribution in [0, 0.1) is 5.92 Å². The summed E-state index contributed by atoms with van der Waals surface area (Å²) in [5.41, 5.74) is -0.432. The first-order valence-electron chi connectivity index (χ1n) is 6.27. The van der Waals surface area contributed by atoms with E-state index >= 15 is 0 Å². The van der Waals surface area contributed by atoms with E-state index < -0.39 is 5.60 Å². The van der Waals surface area contributed by atoms with Gasteiger partial charge >= 0.3 is 0 Å². The maximum Gasteiger partial charge on any atom is 0.164 e. The molecule has 1 fully saturated rings. The van der Waals surface area contributed by atoms with Crippen molar-refractivity contribution in [2.45, 2.75) is 64.4 Å². The fourth-order valence-corrected chi connectivity index (χ4v) is 2.76. The Labute approximate surface area is 93.4 Å². The molecule has 0 spiro atoms. The highest BCUT2D eigenvalue weighted by Gasteiger charge is 2.40. The number of ketones is 1. The van der Waals surface area contributed by atoms with Gasteiger partial charge in [0.1, 0.15) is 5.60 Å². The third-order valence-corrected chi connectivity index (χ3v) is 3.83. The Hall–Kier alpha value is -0.370. The van der Waals surface area contributed by atoms with Gasteiger partial charge in [-0.2, -0.15) is 0 Å². The summed E-state index contributed by atoms with van der Waals surface area (Å²) in [5, 5.41) is 0. The molecule has 0 N–H and O–H groups in total. The second-order valence-electron chi connectivity index (χ2n) is 4.71. The summed E-state index contributed by atoms with van der Waals surface area (Å²) in [7, 11) is 1.69. The van der Waals surface area contributed by atoms with E-state index in [9.17, 15) is 4.79 Å². The summed E-state index contributed by atoms with van der Waals surface area (Å²) in [5.74, 6) is 1.11. The monoisotopic (exact) mass is 212 g/mol. The van der Waals surface area contributed by atoms with Crippen molar-refractivity contribution in [2.75, 3.05) is 7.11 Å². The van der Waals surface area contributed by atoms with Gasteiger partial charge in [0.05, 0.1) is 0 Å². The van der Waals surface area contributed by atoms with Crippen LogP contribution in [-0.4, -0.2) is 18.5 Å². The molecule has 0 atom stereocenters. The van der Waals surface area contributed by atoms with Crippen LogP contribution in [0.15, 0.2) is 0 Å². The zero-order valence-electron chi connectivity index (χ0n) is 10.3. The van der Waals surface area contributed by atoms with Crippen LogP contribution < -0.4 is 0 Å². The maximum atomic E-state index is 11.9. The lowest BCUT2D eigenvalue weighted by atomic mass is 9.74. The van der Waals surface area contributed by atoms with Gasteiger partial charge in [-0.25, -0.2) is 0 Å². The molecular formula is C13H24O2. The number of rotatable bonds is 5. The van der Waals surface area contributed by atoms with Crippen molar-refractivity contribution < 1.29 is 9.53 Å². The normalized spacial score (nSPS) is 31.5. The van der Waals surface area contributed by atoms with Gasteiger partial charge in [-0.05, 0) is 31.6 Å². The Morgan fingerprint density at radius 2 is 1.93 bits per heavy atom. The molecule has 1 rings (SSSR count). The van der Waals surface area contributed by atoms with Gasteiger partial charge in [0.2, 0.25) is 0 Å². The van der Waals surface area contributed by atoms with Gasteiger partial charge in [-0.3, -0.25) is 4.79 Å². The first-order chi connectivity index (χ1) is 7.18. The smallest absolute Gasteiger partial charge is 0.164 e. The van der Waals surface area contributed by atoms with Gasteiger partial charge in [0, 0.05) is 13.5 Å². The van der Waals surface area contributed by atoms with Crippen LogP contribution in [0.25, 0.3) is 0 Å². The Bertz CT molecular complexity index is 203. The van der Waals surface area contributed by atoms with E-state index in [4.69, 9.17) is 4.74 Å². The van der Waals surface area contributed by atoms with E-state index in [2.05, 4.69) is 6.92 Å². The van der Waals surface area contributed by atoms with Crippen LogP contribution in [0.5, 0.6) is 0 Å². The predicted molar refractivity (Wildman–Crippen MR) is 61.9 cm³/mol. The number of hydrogen-bond donors (Lipinski definition) is 0. The van der Waals surface area contributed by atoms with E-state index in [1.165, 1.54) is 12.8 Å². The standard InChI is InChI=1S/C13H24O2/c1-4-6-11-7-9-13(15-3,10-8-11)12(14)5-2/h11H,4-10H2,1-3H3. The summed E-state index contributed by atoms with van der Waals surface area (Å²) in [6.45, 7) is 4.16. The predicted octanol–water partition coefficient (Wildman–Crippen LogP) is 3.34. The van der Waals surface area contributed by atoms with Crippen LogP contribution >= 0.6 is 0 Å². The van der Waals surface area contributed by atoms with E-state index in [0.29, 0.717) is 12.2 Å². The van der Waals surface area contributed by atoms with Gasteiger partial charge in [0.25, 0.3) is 0 Å². The lowest BCUT2D eigenvalue weighted by molar-refractivity contribution is -0.146. The molecule has 1 aliphatic rings. The van der Waals surface area contributed by atoms with E-state index in [1.807, 2.05) is 6.92 Å². The van der Waals surface area contributed by atoms with Crippen molar-refractivity contribution in [3.05, 3.63) is 0 Å². The number of carbonyl (C=O) groups is 1. The molecule has 2 nitrogen and oxygen atoms in total. The highest BCUT2D eigenvalue weighted by atomic mass is 16.5. The van der Waals surface area contributed by atoms with E-state index in [-0.39, 0.29) is 0 Å². The van der Waals surface area contributed by atoms with E-state index in [1.54, 1.807) is 7.11 Å². The molecule has 0 amide bonds. The third-order valence-electron chi connectivity index (χ3n) is 3.83. The van der Waals surface area contributed by atoms with E-state index in [0.717, 1.165) is 31.6 Å². The van der Waals surface area contributed by atoms with Gasteiger partial charge in [-0.15, -0.1) is 0 Å². The van der Waals surface area contributed by atoms with Crippen molar-refractivity contribution in [3.8, 4) is 0 Å². The van der Waals surface area contributed by atoms with Crippen molar-refractivity contribution in [2.24, 2.45) is 5.92 Å². The minimum Gasteiger partial charge on any atom is -0.370 e. The fourth-order valence-electron chi connectivity index (χ4n) is 2.76. The van der Waals surface area contributed by atoms with Gasteiger partial charge in [-0.1, -0.05) is 26.7 Å². The quantitative estimate of drug-likeness (QED) is 0.698. The van der Waals surface area contributed by atoms with Crippen molar-refractivity contribution in [1.82, 2.24) is 0 Å². The lowest BCUT2D eigenvalue weighted by Crippen LogP contribution is -2.43. The molecule has 15 heavy (non-hydrogen) atoms. The molecule has 0 aromatic carbocycles. The SMILES string of the molecule is CCCC1CCC(OC)(C(=O)CC)CC1. The van der Waals surface area contributed by atoms with Gasteiger partial charge in [0.15, 0.2) is 5.78 Å². The van der Waals surface area contributed by atoms with Crippen LogP contribution in [-0.2, 0) is 9.53 Å². The molecule has 0 aromatic rings. The zero-order valence-corrected chi connectivity index (χ0v) is 10.3. The number of carbonyl (C=O) groups excluding carboxylic acids is 1. The molecule has 0 unspecified atom stereocenters. The average molecular weight is 212 g/mol. The molecule has 0 heterocycles. The molecule has 1 aliphatic carbocycles. The van der Waals surface area contributed by atoms with Crippen LogP contribution in [0.4, 0.5) is 0 Å². The molecular weight excluding hydrogens is 188 g/mol. The molecule has 2 heteroatoms. The average Bonchev–Trinajstić information content (AvgIpc) is 2.30. The second-order valence-corrected chi connectivity index (χ2v) is 4.71. The summed E-state index contributed by atoms with van der Waals surface area (Å²) in [6, 6.07) is 0. The lowest BCUT2D eigenvalue weighted by Gasteiger charge is -2.37. The number of hydrogen-bond acceptors (Lipinski definition) is 2. The van der Waals surface area contributed by atoms with Gasteiger partial charge < -0.3 is 4.74 Å². The molecule has 0 bridgehead atoms. The highest BCUT2D eigenvalue weighted by Crippen LogP contribution is 2.37. The molecule has 0 aromatic heterocycles. The minimum absolute atomic E-state index is 0.292. The first-order valence-corrected chi connectivity index (χ1v) is 6.27. The topological polar surface area (TPSA) is 26.3 Å². The van der Waals surface area contributed by atoms with Crippen LogP contribution in [0.3, 0.4) is 0 Å². The maximum absolute atomic E-state index is 11.9. The summed E-state index contributed by atoms with van der Waals surface area (Å²) < 4.78 is 5.51. The zero-order chi connectivity index (χ0) is 11.3. The minimum atomic E-state index is -0.432. The summed E-state index contributed by atoms with van der Waals surface area (Å²) in [6.07, 6.45) is 7.35. The Morgan fingerprint density at radius 1 is 1.33 bits per heavy atom. The van der Waals surface area contributed by atoms with Crippen molar-refractivity contribution in [1.29, 1.82) is 0 Å². The van der Waals surface area contributed by atoms with Crippen LogP contribution in [0.2, 0.25) is 0 Å². The van der Waals surface area contributed by atoms with Crippen molar-refractivity contribution in [3.63, 3.8) is 0 Å². The largest absolute Gasteiger partial charge is 0.370 e. The Kier molecular flexibility index (Phi) is 4.78. The number of ether oxygens (including phenoxy) is 1. The Balaban J connectivity index is 2.54. The highest BCUT2D eigenvalue weighted by molar-refractivity contribution is 5.87. The Morgan fingerprint density at radius 3 is 2.33 bits per heavy atom. The fraction of sp³-hybridized carbons (Fsp3) is 0.923.